The first-order valence-corrected chi connectivity index (χ1v) is 12.4. The molecule has 5 atom stereocenters. The minimum absolute atomic E-state index is 0.222. The van der Waals surface area contributed by atoms with E-state index in [1.807, 2.05) is 0 Å². The van der Waals surface area contributed by atoms with Crippen molar-refractivity contribution < 1.29 is 46.7 Å². The molecule has 1 aromatic heterocycles. The van der Waals surface area contributed by atoms with Crippen LogP contribution >= 0.6 is 15.6 Å². The topological polar surface area (TPSA) is 174 Å². The van der Waals surface area contributed by atoms with Gasteiger partial charge in [0.25, 0.3) is 6.23 Å². The third-order valence-electron chi connectivity index (χ3n) is 4.73. The predicted octanol–water partition coefficient (Wildman–Crippen LogP) is 0.658. The van der Waals surface area contributed by atoms with Gasteiger partial charge in [-0.25, -0.2) is 9.13 Å². The number of aromatic nitrogens is 1. The summed E-state index contributed by atoms with van der Waals surface area (Å²) in [5.41, 5.74) is 5.94. The molecule has 3 unspecified atom stereocenters. The second-order valence-electron chi connectivity index (χ2n) is 7.61. The lowest BCUT2D eigenvalue weighted by molar-refractivity contribution is -0.771. The van der Waals surface area contributed by atoms with Crippen LogP contribution in [-0.4, -0.2) is 53.9 Å². The third kappa shape index (κ3) is 6.90. The summed E-state index contributed by atoms with van der Waals surface area (Å²) in [5, 5.41) is 13.4. The Balaban J connectivity index is 2.06. The summed E-state index contributed by atoms with van der Waals surface area (Å²) in [5.74, 6) is 0. The van der Waals surface area contributed by atoms with Crippen LogP contribution in [0.3, 0.4) is 0 Å². The summed E-state index contributed by atoms with van der Waals surface area (Å²) in [7, 11) is -8.21. The Hall–Kier alpha value is -1.17. The van der Waals surface area contributed by atoms with E-state index in [0.717, 1.165) is 0 Å². The number of nitrogens with zero attached hydrogens (tertiary/aromatic N) is 1. The molecular formula is C17H30N3O9P2+. The van der Waals surface area contributed by atoms with Gasteiger partial charge in [-0.1, -0.05) is 6.58 Å². The molecule has 2 heterocycles. The van der Waals surface area contributed by atoms with Gasteiger partial charge in [0.15, 0.2) is 12.4 Å². The summed E-state index contributed by atoms with van der Waals surface area (Å²) >= 11 is 0. The van der Waals surface area contributed by atoms with Crippen molar-refractivity contribution in [1.29, 1.82) is 0 Å². The maximum atomic E-state index is 12.1. The fourth-order valence-electron chi connectivity index (χ4n) is 3.06. The number of likely N-dealkylation sites (N-methyl/N-ethyl adjacent to an activating group) is 1. The molecule has 0 bridgehead atoms. The highest BCUT2D eigenvalue weighted by Gasteiger charge is 2.55. The van der Waals surface area contributed by atoms with Crippen LogP contribution in [0.4, 0.5) is 0 Å². The van der Waals surface area contributed by atoms with Crippen molar-refractivity contribution in [2.24, 2.45) is 11.1 Å². The van der Waals surface area contributed by atoms with E-state index in [-0.39, 0.29) is 13.2 Å². The molecule has 0 aromatic carbocycles. The van der Waals surface area contributed by atoms with Crippen LogP contribution in [0.5, 0.6) is 0 Å². The van der Waals surface area contributed by atoms with E-state index >= 15 is 0 Å². The fourth-order valence-corrected chi connectivity index (χ4v) is 5.14. The van der Waals surface area contributed by atoms with Gasteiger partial charge in [-0.15, -0.1) is 0 Å². The van der Waals surface area contributed by atoms with Crippen LogP contribution in [0.15, 0.2) is 31.1 Å². The number of nitrogens with one attached hydrogen (secondary N) is 1. The van der Waals surface area contributed by atoms with Gasteiger partial charge in [-0.3, -0.25) is 9.05 Å². The molecule has 0 radical (unpaired) electrons. The molecule has 31 heavy (non-hydrogen) atoms. The molecule has 0 saturated carbocycles. The smallest absolute Gasteiger partial charge is 0.399 e. The molecule has 1 saturated heterocycles. The monoisotopic (exact) mass is 482 g/mol. The fraction of sp³-hybridized carbons (Fsp3) is 0.588. The zero-order valence-electron chi connectivity index (χ0n) is 17.6. The van der Waals surface area contributed by atoms with Crippen LogP contribution < -0.4 is 15.6 Å². The van der Waals surface area contributed by atoms with Gasteiger partial charge in [0, 0.05) is 18.3 Å². The predicted molar refractivity (Wildman–Crippen MR) is 110 cm³/mol. The SMILES string of the molecule is C=C(N)c1ccc[n+]([C@@H]2OC(COP(=O)(O)OP(=O)(O)OCCNC)[C@@H](O)C2(C)C)c1. The van der Waals surface area contributed by atoms with E-state index in [4.69, 9.17) is 15.0 Å². The molecule has 14 heteroatoms. The number of rotatable bonds is 11. The van der Waals surface area contributed by atoms with E-state index in [0.29, 0.717) is 11.3 Å². The van der Waals surface area contributed by atoms with Crippen molar-refractivity contribution in [3.05, 3.63) is 36.7 Å². The Morgan fingerprint density at radius 3 is 2.61 bits per heavy atom. The average Bonchev–Trinajstić information content (AvgIpc) is 2.89. The molecule has 1 fully saturated rings. The third-order valence-corrected chi connectivity index (χ3v) is 7.37. The zero-order chi connectivity index (χ0) is 23.4. The highest BCUT2D eigenvalue weighted by molar-refractivity contribution is 7.61. The normalized spacial score (nSPS) is 26.8. The van der Waals surface area contributed by atoms with Crippen LogP contribution in [0.25, 0.3) is 5.70 Å². The van der Waals surface area contributed by atoms with Gasteiger partial charge in [0.05, 0.1) is 30.3 Å². The number of hydrogen-bond donors (Lipinski definition) is 5. The van der Waals surface area contributed by atoms with Gasteiger partial charge in [0.2, 0.25) is 0 Å². The summed E-state index contributed by atoms with van der Waals surface area (Å²) in [4.78, 5) is 19.3. The second kappa shape index (κ2) is 10.2. The van der Waals surface area contributed by atoms with Gasteiger partial charge >= 0.3 is 15.6 Å². The van der Waals surface area contributed by atoms with Gasteiger partial charge in [-0.05, 0) is 27.0 Å². The number of hydrogen-bond acceptors (Lipinski definition) is 9. The molecule has 12 nitrogen and oxygen atoms in total. The van der Waals surface area contributed by atoms with E-state index in [2.05, 4.69) is 20.7 Å². The first-order chi connectivity index (χ1) is 14.3. The van der Waals surface area contributed by atoms with Crippen molar-refractivity contribution in [1.82, 2.24) is 5.32 Å². The number of phosphoric ester groups is 2. The van der Waals surface area contributed by atoms with Crippen molar-refractivity contribution in [3.8, 4) is 0 Å². The van der Waals surface area contributed by atoms with Gasteiger partial charge in [-0.2, -0.15) is 8.88 Å². The average molecular weight is 482 g/mol. The zero-order valence-corrected chi connectivity index (χ0v) is 19.4. The number of ether oxygens (including phenoxy) is 1. The minimum atomic E-state index is -4.98. The number of nitrogens with two attached hydrogens (primary N) is 1. The molecule has 1 aliphatic heterocycles. The van der Waals surface area contributed by atoms with Crippen LogP contribution in [0.2, 0.25) is 0 Å². The van der Waals surface area contributed by atoms with Crippen molar-refractivity contribution in [2.75, 3.05) is 26.8 Å². The first kappa shape index (κ1) is 26.1. The highest BCUT2D eigenvalue weighted by Crippen LogP contribution is 2.60. The molecular weight excluding hydrogens is 452 g/mol. The Labute approximate surface area is 180 Å². The van der Waals surface area contributed by atoms with Crippen molar-refractivity contribution >= 4 is 21.3 Å². The van der Waals surface area contributed by atoms with Crippen molar-refractivity contribution in [2.45, 2.75) is 32.3 Å². The quantitative estimate of drug-likeness (QED) is 0.170. The molecule has 6 N–H and O–H groups in total. The summed E-state index contributed by atoms with van der Waals surface area (Å²) < 4.78 is 45.0. The van der Waals surface area contributed by atoms with E-state index in [9.17, 15) is 24.0 Å². The standard InChI is InChI=1S/C17H29N3O9P2/c1-12(18)13-6-5-8-20(10-13)16-17(2,3)15(21)14(28-16)11-27-31(24,25)29-30(22,23)26-9-7-19-4/h5-6,8,10,14-16,19,21H,1,7,9,11,18H2,2-4H3,(H-,22,23,24,25)/p+1/t14?,15-,16-/m1/s1. The largest absolute Gasteiger partial charge is 0.481 e. The summed E-state index contributed by atoms with van der Waals surface area (Å²) in [6.45, 7) is 6.63. The maximum absolute atomic E-state index is 12.1. The molecule has 1 aromatic rings. The number of phosphoric acid groups is 2. The van der Waals surface area contributed by atoms with Crippen LogP contribution in [-0.2, 0) is 27.2 Å². The molecule has 1 aliphatic rings. The Morgan fingerprint density at radius 2 is 2.00 bits per heavy atom. The van der Waals surface area contributed by atoms with Gasteiger partial charge in [0.1, 0.15) is 6.10 Å². The molecule has 0 spiro atoms. The highest BCUT2D eigenvalue weighted by atomic mass is 31.3. The lowest BCUT2D eigenvalue weighted by Gasteiger charge is -2.24. The number of aliphatic hydroxyl groups excluding tert-OH is 1. The van der Waals surface area contributed by atoms with Crippen LogP contribution in [0, 0.1) is 5.41 Å². The molecule has 0 amide bonds. The molecule has 2 rings (SSSR count). The maximum Gasteiger partial charge on any atom is 0.481 e. The van der Waals surface area contributed by atoms with Gasteiger partial charge < -0.3 is 30.7 Å². The van der Waals surface area contributed by atoms with Crippen LogP contribution in [0.1, 0.15) is 25.6 Å². The van der Waals surface area contributed by atoms with Crippen molar-refractivity contribution in [3.63, 3.8) is 0 Å². The summed E-state index contributed by atoms with van der Waals surface area (Å²) in [6, 6.07) is 3.51. The second-order valence-corrected chi connectivity index (χ2v) is 10.7. The summed E-state index contributed by atoms with van der Waals surface area (Å²) in [6.07, 6.45) is 0.643. The number of pyridine rings is 1. The molecule has 176 valence electrons. The number of aliphatic hydroxyl groups is 1. The lowest BCUT2D eigenvalue weighted by atomic mass is 9.84. The van der Waals surface area contributed by atoms with E-state index < -0.39 is 46.1 Å². The lowest BCUT2D eigenvalue weighted by Crippen LogP contribution is -2.47. The molecule has 0 aliphatic carbocycles. The Kier molecular flexibility index (Phi) is 8.57. The first-order valence-electron chi connectivity index (χ1n) is 9.39. The van der Waals surface area contributed by atoms with E-state index in [1.54, 1.807) is 50.0 Å². The Morgan fingerprint density at radius 1 is 1.35 bits per heavy atom. The van der Waals surface area contributed by atoms with E-state index in [1.165, 1.54) is 0 Å². The minimum Gasteiger partial charge on any atom is -0.399 e. The Bertz CT molecular complexity index is 882.